The van der Waals surface area contributed by atoms with Gasteiger partial charge in [0.2, 0.25) is 11.8 Å². The highest BCUT2D eigenvalue weighted by atomic mass is 35.5. The van der Waals surface area contributed by atoms with Crippen molar-refractivity contribution in [2.45, 2.75) is 6.61 Å². The normalized spacial score (nSPS) is 10.2. The molecule has 1 N–H and O–H groups in total. The van der Waals surface area contributed by atoms with Gasteiger partial charge >= 0.3 is 0 Å². The first-order chi connectivity index (χ1) is 8.69. The lowest BCUT2D eigenvalue weighted by molar-refractivity contribution is 0.276. The molecule has 0 radical (unpaired) electrons. The van der Waals surface area contributed by atoms with Crippen molar-refractivity contribution >= 4 is 17.5 Å². The predicted molar refractivity (Wildman–Crippen MR) is 67.3 cm³/mol. The van der Waals surface area contributed by atoms with Crippen LogP contribution in [0.5, 0.6) is 5.88 Å². The van der Waals surface area contributed by atoms with Crippen LogP contribution >= 0.6 is 11.6 Å². The first-order valence-electron chi connectivity index (χ1n) is 5.26. The Morgan fingerprint density at radius 1 is 1.44 bits per heavy atom. The number of nitrogens with zero attached hydrogens (tertiary/aromatic N) is 2. The summed E-state index contributed by atoms with van der Waals surface area (Å²) < 4.78 is 18.7. The van der Waals surface area contributed by atoms with Crippen LogP contribution in [0.25, 0.3) is 0 Å². The second kappa shape index (κ2) is 5.64. The van der Waals surface area contributed by atoms with Gasteiger partial charge in [-0.15, -0.1) is 0 Å². The van der Waals surface area contributed by atoms with Gasteiger partial charge in [-0.2, -0.15) is 9.37 Å². The molecule has 2 aromatic rings. The molecule has 0 unspecified atom stereocenters. The first kappa shape index (κ1) is 12.6. The molecule has 0 bridgehead atoms. The number of nitrogens with one attached hydrogen (secondary N) is 1. The van der Waals surface area contributed by atoms with Crippen LogP contribution in [0.15, 0.2) is 30.5 Å². The zero-order valence-corrected chi connectivity index (χ0v) is 10.4. The van der Waals surface area contributed by atoms with Crippen LogP contribution in [0, 0.1) is 5.82 Å². The Morgan fingerprint density at radius 2 is 2.28 bits per heavy atom. The highest BCUT2D eigenvalue weighted by Gasteiger charge is 2.07. The minimum absolute atomic E-state index is 0.0886. The largest absolute Gasteiger partial charge is 0.471 e. The maximum absolute atomic E-state index is 13.4. The smallest absolute Gasteiger partial charge is 0.255 e. The molecular weight excluding hydrogens is 257 g/mol. The molecule has 0 amide bonds. The van der Waals surface area contributed by atoms with Crippen LogP contribution in [0.4, 0.5) is 10.3 Å². The number of rotatable bonds is 4. The molecule has 0 saturated carbocycles. The third-order valence-electron chi connectivity index (χ3n) is 2.20. The zero-order valence-electron chi connectivity index (χ0n) is 9.65. The Labute approximate surface area is 109 Å². The van der Waals surface area contributed by atoms with E-state index < -0.39 is 5.82 Å². The summed E-state index contributed by atoms with van der Waals surface area (Å²) in [5.74, 6) is -0.386. The minimum Gasteiger partial charge on any atom is -0.471 e. The lowest BCUT2D eigenvalue weighted by Crippen LogP contribution is -2.03. The average Bonchev–Trinajstić information content (AvgIpc) is 2.38. The Kier molecular flexibility index (Phi) is 3.94. The molecular formula is C12H11ClFN3O. The summed E-state index contributed by atoms with van der Waals surface area (Å²) >= 11 is 5.84. The highest BCUT2D eigenvalue weighted by molar-refractivity contribution is 6.30. The maximum atomic E-state index is 13.4. The van der Waals surface area contributed by atoms with E-state index in [9.17, 15) is 4.39 Å². The van der Waals surface area contributed by atoms with E-state index >= 15 is 0 Å². The lowest BCUT2D eigenvalue weighted by atomic mass is 10.2. The Balaban J connectivity index is 2.10. The second-order valence-electron chi connectivity index (χ2n) is 3.52. The summed E-state index contributed by atoms with van der Waals surface area (Å²) in [6.07, 6.45) is 1.06. The Bertz CT molecular complexity index is 551. The van der Waals surface area contributed by atoms with Gasteiger partial charge in [-0.25, -0.2) is 4.98 Å². The van der Waals surface area contributed by atoms with Crippen LogP contribution in [0.1, 0.15) is 5.56 Å². The van der Waals surface area contributed by atoms with Crippen molar-refractivity contribution in [2.75, 3.05) is 12.4 Å². The third kappa shape index (κ3) is 3.07. The molecule has 4 nitrogen and oxygen atoms in total. The summed E-state index contributed by atoms with van der Waals surface area (Å²) in [5.41, 5.74) is 0.839. The maximum Gasteiger partial charge on any atom is 0.255 e. The highest BCUT2D eigenvalue weighted by Crippen LogP contribution is 2.17. The fourth-order valence-electron chi connectivity index (χ4n) is 1.35. The van der Waals surface area contributed by atoms with Gasteiger partial charge in [-0.3, -0.25) is 0 Å². The quantitative estimate of drug-likeness (QED) is 0.925. The second-order valence-corrected chi connectivity index (χ2v) is 3.95. The summed E-state index contributed by atoms with van der Waals surface area (Å²) in [6, 6.07) is 7.15. The van der Waals surface area contributed by atoms with E-state index in [-0.39, 0.29) is 12.5 Å². The monoisotopic (exact) mass is 267 g/mol. The molecule has 0 spiro atoms. The van der Waals surface area contributed by atoms with Crippen molar-refractivity contribution in [1.29, 1.82) is 0 Å². The van der Waals surface area contributed by atoms with Crippen molar-refractivity contribution in [3.8, 4) is 5.88 Å². The summed E-state index contributed by atoms with van der Waals surface area (Å²) in [4.78, 5) is 7.60. The van der Waals surface area contributed by atoms with Gasteiger partial charge in [0, 0.05) is 12.1 Å². The van der Waals surface area contributed by atoms with Gasteiger partial charge in [0.15, 0.2) is 0 Å². The number of halogens is 2. The van der Waals surface area contributed by atoms with Gasteiger partial charge in [0.1, 0.15) is 6.61 Å². The van der Waals surface area contributed by atoms with E-state index in [0.29, 0.717) is 11.0 Å². The standard InChI is InChI=1S/C12H11ClFN3O/c1-15-12-16-6-10(14)11(17-12)18-7-8-3-2-4-9(13)5-8/h2-6H,7H2,1H3,(H,15,16,17). The zero-order chi connectivity index (χ0) is 13.0. The number of ether oxygens (including phenoxy) is 1. The van der Waals surface area contributed by atoms with E-state index in [1.807, 2.05) is 6.07 Å². The van der Waals surface area contributed by atoms with E-state index in [0.717, 1.165) is 11.8 Å². The molecule has 2 rings (SSSR count). The minimum atomic E-state index is -0.601. The van der Waals surface area contributed by atoms with Crippen LogP contribution in [0.2, 0.25) is 5.02 Å². The SMILES string of the molecule is CNc1ncc(F)c(OCc2cccc(Cl)c2)n1. The van der Waals surface area contributed by atoms with Crippen LogP contribution in [-0.4, -0.2) is 17.0 Å². The molecule has 1 aromatic carbocycles. The average molecular weight is 268 g/mol. The molecule has 94 valence electrons. The van der Waals surface area contributed by atoms with Crippen molar-refractivity contribution in [1.82, 2.24) is 9.97 Å². The van der Waals surface area contributed by atoms with Crippen LogP contribution in [0.3, 0.4) is 0 Å². The number of hydrogen-bond donors (Lipinski definition) is 1. The molecule has 0 fully saturated rings. The van der Waals surface area contributed by atoms with Crippen LogP contribution < -0.4 is 10.1 Å². The van der Waals surface area contributed by atoms with Crippen molar-refractivity contribution < 1.29 is 9.13 Å². The van der Waals surface area contributed by atoms with Gasteiger partial charge < -0.3 is 10.1 Å². The molecule has 1 heterocycles. The van der Waals surface area contributed by atoms with Gasteiger partial charge in [0.25, 0.3) is 5.88 Å². The molecule has 0 aliphatic heterocycles. The summed E-state index contributed by atoms with van der Waals surface area (Å²) in [6.45, 7) is 0.192. The fraction of sp³-hybridized carbons (Fsp3) is 0.167. The molecule has 1 aromatic heterocycles. The lowest BCUT2D eigenvalue weighted by Gasteiger charge is -2.07. The van der Waals surface area contributed by atoms with E-state index in [2.05, 4.69) is 15.3 Å². The van der Waals surface area contributed by atoms with Gasteiger partial charge in [0.05, 0.1) is 6.20 Å². The first-order valence-corrected chi connectivity index (χ1v) is 5.64. The molecule has 0 aliphatic rings. The van der Waals surface area contributed by atoms with Crippen molar-refractivity contribution in [3.05, 3.63) is 46.9 Å². The molecule has 0 atom stereocenters. The van der Waals surface area contributed by atoms with Crippen molar-refractivity contribution in [3.63, 3.8) is 0 Å². The predicted octanol–water partition coefficient (Wildman–Crippen LogP) is 2.89. The third-order valence-corrected chi connectivity index (χ3v) is 2.44. The van der Waals surface area contributed by atoms with Crippen LogP contribution in [-0.2, 0) is 6.61 Å². The summed E-state index contributed by atoms with van der Waals surface area (Å²) in [7, 11) is 1.65. The number of hydrogen-bond acceptors (Lipinski definition) is 4. The molecule has 0 saturated heterocycles. The Morgan fingerprint density at radius 3 is 3.00 bits per heavy atom. The van der Waals surface area contributed by atoms with E-state index in [1.165, 1.54) is 0 Å². The topological polar surface area (TPSA) is 47.0 Å². The molecule has 6 heteroatoms. The van der Waals surface area contributed by atoms with Gasteiger partial charge in [-0.05, 0) is 17.7 Å². The fourth-order valence-corrected chi connectivity index (χ4v) is 1.56. The Hall–Kier alpha value is -1.88. The van der Waals surface area contributed by atoms with E-state index in [1.54, 1.807) is 25.2 Å². The number of benzene rings is 1. The summed E-state index contributed by atoms with van der Waals surface area (Å²) in [5, 5.41) is 3.32. The number of aromatic nitrogens is 2. The van der Waals surface area contributed by atoms with E-state index in [4.69, 9.17) is 16.3 Å². The molecule has 0 aliphatic carbocycles. The van der Waals surface area contributed by atoms with Crippen molar-refractivity contribution in [2.24, 2.45) is 0 Å². The molecule has 18 heavy (non-hydrogen) atoms. The number of anilines is 1. The van der Waals surface area contributed by atoms with Gasteiger partial charge in [-0.1, -0.05) is 23.7 Å².